The topological polar surface area (TPSA) is 56.5 Å². The lowest BCUT2D eigenvalue weighted by atomic mass is 9.95. The number of nitrogens with two attached hydrogens (primary N) is 1. The van der Waals surface area contributed by atoms with Crippen molar-refractivity contribution in [2.45, 2.75) is 39.2 Å². The highest BCUT2D eigenvalue weighted by Crippen LogP contribution is 2.14. The van der Waals surface area contributed by atoms with Crippen LogP contribution in [-0.2, 0) is 9.47 Å². The van der Waals surface area contributed by atoms with E-state index in [1.807, 2.05) is 0 Å². The number of rotatable bonds is 10. The SMILES string of the molecule is CCC(CC)CC(COCCOC)NN. The molecule has 0 aliphatic heterocycles. The zero-order chi connectivity index (χ0) is 11.5. The molecule has 0 aliphatic rings. The third-order valence-corrected chi connectivity index (χ3v) is 2.76. The van der Waals surface area contributed by atoms with Gasteiger partial charge in [-0.3, -0.25) is 11.3 Å². The third kappa shape index (κ3) is 7.73. The molecule has 4 nitrogen and oxygen atoms in total. The van der Waals surface area contributed by atoms with Gasteiger partial charge in [-0.1, -0.05) is 26.7 Å². The van der Waals surface area contributed by atoms with Crippen molar-refractivity contribution in [3.63, 3.8) is 0 Å². The van der Waals surface area contributed by atoms with E-state index in [1.165, 1.54) is 12.8 Å². The maximum absolute atomic E-state index is 5.48. The van der Waals surface area contributed by atoms with Crippen molar-refractivity contribution >= 4 is 0 Å². The van der Waals surface area contributed by atoms with E-state index in [-0.39, 0.29) is 6.04 Å². The fourth-order valence-electron chi connectivity index (χ4n) is 1.58. The molecule has 0 rings (SSSR count). The lowest BCUT2D eigenvalue weighted by molar-refractivity contribution is 0.0547. The Balaban J connectivity index is 3.61. The second-order valence-corrected chi connectivity index (χ2v) is 3.85. The van der Waals surface area contributed by atoms with Crippen LogP contribution in [0.15, 0.2) is 0 Å². The van der Waals surface area contributed by atoms with Gasteiger partial charge in [-0.2, -0.15) is 0 Å². The van der Waals surface area contributed by atoms with Crippen LogP contribution in [0.3, 0.4) is 0 Å². The van der Waals surface area contributed by atoms with Crippen molar-refractivity contribution in [2.24, 2.45) is 11.8 Å². The first-order valence-corrected chi connectivity index (χ1v) is 5.81. The summed E-state index contributed by atoms with van der Waals surface area (Å²) in [5.41, 5.74) is 2.81. The Labute approximate surface area is 93.5 Å². The molecule has 0 saturated carbocycles. The van der Waals surface area contributed by atoms with Gasteiger partial charge in [0.25, 0.3) is 0 Å². The molecule has 0 saturated heterocycles. The van der Waals surface area contributed by atoms with Crippen LogP contribution in [0.25, 0.3) is 0 Å². The van der Waals surface area contributed by atoms with E-state index >= 15 is 0 Å². The molecule has 1 unspecified atom stereocenters. The van der Waals surface area contributed by atoms with Gasteiger partial charge in [0.15, 0.2) is 0 Å². The zero-order valence-electron chi connectivity index (χ0n) is 10.3. The van der Waals surface area contributed by atoms with Crippen molar-refractivity contribution < 1.29 is 9.47 Å². The molecule has 1 atom stereocenters. The molecule has 0 aromatic carbocycles. The normalized spacial score (nSPS) is 13.4. The van der Waals surface area contributed by atoms with Crippen molar-refractivity contribution in [1.82, 2.24) is 5.43 Å². The van der Waals surface area contributed by atoms with E-state index in [9.17, 15) is 0 Å². The number of ether oxygens (including phenoxy) is 2. The number of nitrogens with one attached hydrogen (secondary N) is 1. The van der Waals surface area contributed by atoms with E-state index in [1.54, 1.807) is 7.11 Å². The van der Waals surface area contributed by atoms with Crippen LogP contribution in [0, 0.1) is 5.92 Å². The summed E-state index contributed by atoms with van der Waals surface area (Å²) in [5.74, 6) is 6.22. The molecule has 0 aromatic heterocycles. The second kappa shape index (κ2) is 10.4. The van der Waals surface area contributed by atoms with Crippen LogP contribution in [0.4, 0.5) is 0 Å². The molecule has 0 bridgehead atoms. The molecule has 0 fully saturated rings. The average molecular weight is 218 g/mol. The second-order valence-electron chi connectivity index (χ2n) is 3.85. The number of hydrazine groups is 1. The fraction of sp³-hybridized carbons (Fsp3) is 1.00. The molecular weight excluding hydrogens is 192 g/mol. The van der Waals surface area contributed by atoms with Crippen LogP contribution in [0.1, 0.15) is 33.1 Å². The summed E-state index contributed by atoms with van der Waals surface area (Å²) >= 11 is 0. The monoisotopic (exact) mass is 218 g/mol. The smallest absolute Gasteiger partial charge is 0.0701 e. The molecule has 0 radical (unpaired) electrons. The minimum Gasteiger partial charge on any atom is -0.382 e. The molecule has 0 aliphatic carbocycles. The van der Waals surface area contributed by atoms with Gasteiger partial charge < -0.3 is 9.47 Å². The Kier molecular flexibility index (Phi) is 10.3. The lowest BCUT2D eigenvalue weighted by Crippen LogP contribution is -2.40. The Hall–Kier alpha value is -0.160. The predicted octanol–water partition coefficient (Wildman–Crippen LogP) is 1.31. The van der Waals surface area contributed by atoms with Gasteiger partial charge in [0.2, 0.25) is 0 Å². The highest BCUT2D eigenvalue weighted by molar-refractivity contribution is 4.68. The van der Waals surface area contributed by atoms with Crippen molar-refractivity contribution in [3.05, 3.63) is 0 Å². The Morgan fingerprint density at radius 2 is 1.87 bits per heavy atom. The lowest BCUT2D eigenvalue weighted by Gasteiger charge is -2.21. The highest BCUT2D eigenvalue weighted by atomic mass is 16.5. The zero-order valence-corrected chi connectivity index (χ0v) is 10.3. The Morgan fingerprint density at radius 3 is 2.33 bits per heavy atom. The van der Waals surface area contributed by atoms with E-state index in [4.69, 9.17) is 15.3 Å². The van der Waals surface area contributed by atoms with Gasteiger partial charge in [-0.25, -0.2) is 0 Å². The van der Waals surface area contributed by atoms with Crippen molar-refractivity contribution in [1.29, 1.82) is 0 Å². The van der Waals surface area contributed by atoms with Crippen LogP contribution in [-0.4, -0.2) is 33.0 Å². The number of methoxy groups -OCH3 is 1. The van der Waals surface area contributed by atoms with Crippen LogP contribution < -0.4 is 11.3 Å². The molecule has 0 spiro atoms. The molecule has 0 aromatic rings. The van der Waals surface area contributed by atoms with Gasteiger partial charge in [0.1, 0.15) is 0 Å². The molecule has 0 amide bonds. The summed E-state index contributed by atoms with van der Waals surface area (Å²) in [7, 11) is 1.67. The summed E-state index contributed by atoms with van der Waals surface area (Å²) in [4.78, 5) is 0. The average Bonchev–Trinajstić information content (AvgIpc) is 2.28. The molecule has 92 valence electrons. The van der Waals surface area contributed by atoms with Gasteiger partial charge in [-0.05, 0) is 12.3 Å². The van der Waals surface area contributed by atoms with E-state index in [0.29, 0.717) is 19.8 Å². The Bertz CT molecular complexity index is 130. The molecule has 15 heavy (non-hydrogen) atoms. The van der Waals surface area contributed by atoms with Crippen LogP contribution >= 0.6 is 0 Å². The summed E-state index contributed by atoms with van der Waals surface area (Å²) in [5, 5.41) is 0. The molecule has 4 heteroatoms. The predicted molar refractivity (Wildman–Crippen MR) is 62.5 cm³/mol. The van der Waals surface area contributed by atoms with Gasteiger partial charge in [0.05, 0.1) is 19.8 Å². The standard InChI is InChI=1S/C11H26N2O2/c1-4-10(5-2)8-11(13-12)9-15-7-6-14-3/h10-11,13H,4-9,12H2,1-3H3. The van der Waals surface area contributed by atoms with Gasteiger partial charge in [-0.15, -0.1) is 0 Å². The van der Waals surface area contributed by atoms with Gasteiger partial charge in [0, 0.05) is 13.2 Å². The Morgan fingerprint density at radius 1 is 1.20 bits per heavy atom. The van der Waals surface area contributed by atoms with Crippen molar-refractivity contribution in [2.75, 3.05) is 26.9 Å². The van der Waals surface area contributed by atoms with E-state index in [0.717, 1.165) is 12.3 Å². The highest BCUT2D eigenvalue weighted by Gasteiger charge is 2.12. The first kappa shape index (κ1) is 14.8. The van der Waals surface area contributed by atoms with E-state index < -0.39 is 0 Å². The van der Waals surface area contributed by atoms with Gasteiger partial charge >= 0.3 is 0 Å². The third-order valence-electron chi connectivity index (χ3n) is 2.76. The molecule has 3 N–H and O–H groups in total. The maximum Gasteiger partial charge on any atom is 0.0701 e. The summed E-state index contributed by atoms with van der Waals surface area (Å²) in [6.45, 7) is 6.37. The number of hydrogen-bond acceptors (Lipinski definition) is 4. The largest absolute Gasteiger partial charge is 0.382 e. The fourth-order valence-corrected chi connectivity index (χ4v) is 1.58. The molecular formula is C11H26N2O2. The first-order chi connectivity index (χ1) is 7.28. The van der Waals surface area contributed by atoms with Crippen LogP contribution in [0.2, 0.25) is 0 Å². The minimum atomic E-state index is 0.256. The summed E-state index contributed by atoms with van der Waals surface area (Å²) < 4.78 is 10.4. The molecule has 0 heterocycles. The summed E-state index contributed by atoms with van der Waals surface area (Å²) in [6.07, 6.45) is 3.48. The van der Waals surface area contributed by atoms with Crippen LogP contribution in [0.5, 0.6) is 0 Å². The quantitative estimate of drug-likeness (QED) is 0.330. The van der Waals surface area contributed by atoms with E-state index in [2.05, 4.69) is 19.3 Å². The first-order valence-electron chi connectivity index (χ1n) is 5.81. The van der Waals surface area contributed by atoms with Crippen molar-refractivity contribution in [3.8, 4) is 0 Å². The maximum atomic E-state index is 5.48. The minimum absolute atomic E-state index is 0.256. The summed E-state index contributed by atoms with van der Waals surface area (Å²) in [6, 6.07) is 0.256. The number of hydrogen-bond donors (Lipinski definition) is 2.